The maximum absolute atomic E-state index is 12.3. The van der Waals surface area contributed by atoms with Crippen LogP contribution in [0.1, 0.15) is 30.9 Å². The third kappa shape index (κ3) is 5.99. The van der Waals surface area contributed by atoms with Gasteiger partial charge in [0.25, 0.3) is 0 Å². The van der Waals surface area contributed by atoms with Crippen molar-refractivity contribution in [1.82, 2.24) is 4.90 Å². The van der Waals surface area contributed by atoms with Crippen molar-refractivity contribution in [3.63, 3.8) is 0 Å². The van der Waals surface area contributed by atoms with Crippen molar-refractivity contribution in [2.45, 2.75) is 19.8 Å². The van der Waals surface area contributed by atoms with Crippen LogP contribution in [-0.4, -0.2) is 37.4 Å². The Balaban J connectivity index is 1.95. The van der Waals surface area contributed by atoms with Gasteiger partial charge in [0, 0.05) is 18.8 Å². The third-order valence-electron chi connectivity index (χ3n) is 4.13. The number of benzene rings is 2. The molecule has 5 heteroatoms. The number of para-hydroxylation sites is 1. The van der Waals surface area contributed by atoms with E-state index >= 15 is 0 Å². The number of methoxy groups -OCH3 is 1. The molecule has 2 rings (SSSR count). The zero-order valence-corrected chi connectivity index (χ0v) is 16.2. The summed E-state index contributed by atoms with van der Waals surface area (Å²) in [5.41, 5.74) is 2.70. The fourth-order valence-corrected chi connectivity index (χ4v) is 2.64. The summed E-state index contributed by atoms with van der Waals surface area (Å²) in [4.78, 5) is 26.0. The highest BCUT2D eigenvalue weighted by molar-refractivity contribution is 5.98. The molecule has 0 aliphatic rings. The SMILES string of the molecule is COc1cccc(/C=C/C(=O)N(C)CC(=O)Nc2ccccc2C(C)C)c1. The summed E-state index contributed by atoms with van der Waals surface area (Å²) < 4.78 is 5.16. The quantitative estimate of drug-likeness (QED) is 0.756. The molecule has 5 nitrogen and oxygen atoms in total. The number of anilines is 1. The Hall–Kier alpha value is -3.08. The number of nitrogens with zero attached hydrogens (tertiary/aromatic N) is 1. The molecule has 0 atom stereocenters. The van der Waals surface area contributed by atoms with Crippen LogP contribution in [0.3, 0.4) is 0 Å². The van der Waals surface area contributed by atoms with Gasteiger partial charge in [-0.1, -0.05) is 44.2 Å². The van der Waals surface area contributed by atoms with Crippen LogP contribution < -0.4 is 10.1 Å². The summed E-state index contributed by atoms with van der Waals surface area (Å²) in [7, 11) is 3.20. The smallest absolute Gasteiger partial charge is 0.246 e. The van der Waals surface area contributed by atoms with Crippen LogP contribution in [0, 0.1) is 0 Å². The Morgan fingerprint density at radius 2 is 1.89 bits per heavy atom. The number of carbonyl (C=O) groups is 2. The van der Waals surface area contributed by atoms with Gasteiger partial charge in [-0.15, -0.1) is 0 Å². The summed E-state index contributed by atoms with van der Waals surface area (Å²) in [5.74, 6) is 0.548. The lowest BCUT2D eigenvalue weighted by Gasteiger charge is -2.17. The van der Waals surface area contributed by atoms with E-state index in [2.05, 4.69) is 19.2 Å². The number of rotatable bonds is 7. The highest BCUT2D eigenvalue weighted by atomic mass is 16.5. The fourth-order valence-electron chi connectivity index (χ4n) is 2.64. The molecule has 2 amide bonds. The summed E-state index contributed by atoms with van der Waals surface area (Å²) >= 11 is 0. The molecule has 0 spiro atoms. The first-order valence-electron chi connectivity index (χ1n) is 8.86. The maximum Gasteiger partial charge on any atom is 0.246 e. The normalized spacial score (nSPS) is 10.9. The Morgan fingerprint density at radius 3 is 2.59 bits per heavy atom. The zero-order valence-electron chi connectivity index (χ0n) is 16.2. The molecule has 0 aliphatic heterocycles. The molecule has 0 radical (unpaired) electrons. The Labute approximate surface area is 160 Å². The molecular weight excluding hydrogens is 340 g/mol. The number of ether oxygens (including phenoxy) is 1. The van der Waals surface area contributed by atoms with E-state index in [0.717, 1.165) is 22.6 Å². The van der Waals surface area contributed by atoms with Crippen molar-refractivity contribution in [2.24, 2.45) is 0 Å². The average Bonchev–Trinajstić information content (AvgIpc) is 2.66. The van der Waals surface area contributed by atoms with Crippen molar-refractivity contribution in [3.8, 4) is 5.75 Å². The fraction of sp³-hybridized carbons (Fsp3) is 0.273. The number of hydrogen-bond donors (Lipinski definition) is 1. The molecule has 2 aromatic carbocycles. The lowest BCUT2D eigenvalue weighted by molar-refractivity contribution is -0.129. The van der Waals surface area contributed by atoms with Gasteiger partial charge in [0.05, 0.1) is 13.7 Å². The van der Waals surface area contributed by atoms with Gasteiger partial charge in [0.1, 0.15) is 5.75 Å². The summed E-state index contributed by atoms with van der Waals surface area (Å²) in [6, 6.07) is 15.1. The van der Waals surface area contributed by atoms with Crippen molar-refractivity contribution < 1.29 is 14.3 Å². The van der Waals surface area contributed by atoms with Gasteiger partial charge < -0.3 is 15.0 Å². The second-order valence-corrected chi connectivity index (χ2v) is 6.59. The molecule has 0 saturated carbocycles. The predicted molar refractivity (Wildman–Crippen MR) is 109 cm³/mol. The molecule has 0 fully saturated rings. The van der Waals surface area contributed by atoms with Gasteiger partial charge in [-0.25, -0.2) is 0 Å². The van der Waals surface area contributed by atoms with E-state index in [1.54, 1.807) is 20.2 Å². The lowest BCUT2D eigenvalue weighted by Crippen LogP contribution is -2.34. The van der Waals surface area contributed by atoms with Gasteiger partial charge in [0.15, 0.2) is 0 Å². The minimum atomic E-state index is -0.245. The van der Waals surface area contributed by atoms with Crippen LogP contribution in [0.25, 0.3) is 6.08 Å². The van der Waals surface area contributed by atoms with Crippen LogP contribution in [0.2, 0.25) is 0 Å². The van der Waals surface area contributed by atoms with E-state index in [4.69, 9.17) is 4.74 Å². The van der Waals surface area contributed by atoms with E-state index in [1.807, 2.05) is 48.5 Å². The van der Waals surface area contributed by atoms with Crippen LogP contribution in [0.4, 0.5) is 5.69 Å². The molecular formula is C22H26N2O3. The largest absolute Gasteiger partial charge is 0.497 e. The van der Waals surface area contributed by atoms with Crippen molar-refractivity contribution in [3.05, 3.63) is 65.7 Å². The lowest BCUT2D eigenvalue weighted by atomic mass is 10.0. The predicted octanol–water partition coefficient (Wildman–Crippen LogP) is 3.93. The Kier molecular flexibility index (Phi) is 7.17. The zero-order chi connectivity index (χ0) is 19.8. The maximum atomic E-state index is 12.3. The minimum Gasteiger partial charge on any atom is -0.497 e. The molecule has 0 heterocycles. The topological polar surface area (TPSA) is 58.6 Å². The molecule has 27 heavy (non-hydrogen) atoms. The molecule has 0 aliphatic carbocycles. The highest BCUT2D eigenvalue weighted by Crippen LogP contribution is 2.23. The van der Waals surface area contributed by atoms with Crippen LogP contribution in [-0.2, 0) is 9.59 Å². The van der Waals surface area contributed by atoms with Gasteiger partial charge in [0.2, 0.25) is 11.8 Å². The minimum absolute atomic E-state index is 0.0201. The summed E-state index contributed by atoms with van der Waals surface area (Å²) in [6.45, 7) is 4.13. The van der Waals surface area contributed by atoms with E-state index < -0.39 is 0 Å². The van der Waals surface area contributed by atoms with Gasteiger partial charge in [-0.05, 0) is 41.3 Å². The Morgan fingerprint density at radius 1 is 1.15 bits per heavy atom. The number of likely N-dealkylation sites (N-methyl/N-ethyl adjacent to an activating group) is 1. The van der Waals surface area contributed by atoms with Crippen molar-refractivity contribution in [2.75, 3.05) is 26.0 Å². The van der Waals surface area contributed by atoms with Gasteiger partial charge in [-0.2, -0.15) is 0 Å². The highest BCUT2D eigenvalue weighted by Gasteiger charge is 2.13. The van der Waals surface area contributed by atoms with E-state index in [9.17, 15) is 9.59 Å². The molecule has 142 valence electrons. The van der Waals surface area contributed by atoms with Crippen molar-refractivity contribution in [1.29, 1.82) is 0 Å². The average molecular weight is 366 g/mol. The molecule has 0 bridgehead atoms. The van der Waals surface area contributed by atoms with E-state index in [-0.39, 0.29) is 18.4 Å². The first-order valence-corrected chi connectivity index (χ1v) is 8.86. The molecule has 0 aromatic heterocycles. The molecule has 0 unspecified atom stereocenters. The summed E-state index contributed by atoms with van der Waals surface area (Å²) in [6.07, 6.45) is 3.15. The molecule has 2 aromatic rings. The monoisotopic (exact) mass is 366 g/mol. The van der Waals surface area contributed by atoms with E-state index in [1.165, 1.54) is 11.0 Å². The van der Waals surface area contributed by atoms with E-state index in [0.29, 0.717) is 5.92 Å². The van der Waals surface area contributed by atoms with Crippen LogP contribution >= 0.6 is 0 Å². The number of carbonyl (C=O) groups excluding carboxylic acids is 2. The first kappa shape index (κ1) is 20.2. The van der Waals surface area contributed by atoms with Gasteiger partial charge >= 0.3 is 0 Å². The second-order valence-electron chi connectivity index (χ2n) is 6.59. The number of nitrogens with one attached hydrogen (secondary N) is 1. The first-order chi connectivity index (χ1) is 12.9. The standard InChI is InChI=1S/C22H26N2O3/c1-16(2)19-10-5-6-11-20(19)23-21(25)15-24(3)22(26)13-12-17-8-7-9-18(14-17)27-4/h5-14,16H,15H2,1-4H3,(H,23,25)/b13-12+. The van der Waals surface area contributed by atoms with Crippen molar-refractivity contribution >= 4 is 23.6 Å². The molecule has 1 N–H and O–H groups in total. The third-order valence-corrected chi connectivity index (χ3v) is 4.13. The van der Waals surface area contributed by atoms with Crippen LogP contribution in [0.15, 0.2) is 54.6 Å². The molecule has 0 saturated heterocycles. The van der Waals surface area contributed by atoms with Crippen LogP contribution in [0.5, 0.6) is 5.75 Å². The Bertz CT molecular complexity index is 828. The van der Waals surface area contributed by atoms with Gasteiger partial charge in [-0.3, -0.25) is 9.59 Å². The second kappa shape index (κ2) is 9.57. The number of amides is 2. The number of hydrogen-bond acceptors (Lipinski definition) is 3. The summed E-state index contributed by atoms with van der Waals surface area (Å²) in [5, 5.41) is 2.89.